The summed E-state index contributed by atoms with van der Waals surface area (Å²) in [6.45, 7) is 0.572. The van der Waals surface area contributed by atoms with Gasteiger partial charge in [0.2, 0.25) is 28.2 Å². The first-order valence-corrected chi connectivity index (χ1v) is 11.2. The number of rotatable bonds is 6. The predicted octanol–water partition coefficient (Wildman–Crippen LogP) is 2.78. The number of anilines is 1. The highest BCUT2D eigenvalue weighted by Gasteiger charge is 2.32. The Hall–Kier alpha value is -3.24. The van der Waals surface area contributed by atoms with Crippen molar-refractivity contribution in [1.29, 1.82) is 0 Å². The van der Waals surface area contributed by atoms with Crippen LogP contribution in [0.15, 0.2) is 64.2 Å². The van der Waals surface area contributed by atoms with E-state index in [0.717, 1.165) is 0 Å². The van der Waals surface area contributed by atoms with Gasteiger partial charge in [0.25, 0.3) is 0 Å². The second kappa shape index (κ2) is 8.86. The predicted molar refractivity (Wildman–Crippen MR) is 113 cm³/mol. The molecule has 1 aromatic heterocycles. The molecule has 2 aromatic carbocycles. The highest BCUT2D eigenvalue weighted by Crippen LogP contribution is 2.27. The summed E-state index contributed by atoms with van der Waals surface area (Å²) < 4.78 is 37.4. The van der Waals surface area contributed by atoms with Crippen molar-refractivity contribution >= 4 is 21.6 Å². The molecule has 0 bridgehead atoms. The number of carbonyl (C=O) groups excluding carboxylic acids is 1. The number of ether oxygens (including phenoxy) is 1. The van der Waals surface area contributed by atoms with E-state index in [4.69, 9.17) is 9.15 Å². The molecule has 0 saturated carbocycles. The number of sulfonamides is 1. The first-order chi connectivity index (χ1) is 15.0. The molecular formula is C21H22N4O5S. The van der Waals surface area contributed by atoms with Gasteiger partial charge in [-0.25, -0.2) is 8.42 Å². The Morgan fingerprint density at radius 1 is 1.16 bits per heavy atom. The quantitative estimate of drug-likeness (QED) is 0.624. The fraction of sp³-hybridized carbons (Fsp3) is 0.286. The summed E-state index contributed by atoms with van der Waals surface area (Å²) >= 11 is 0. The van der Waals surface area contributed by atoms with E-state index in [2.05, 4.69) is 15.5 Å². The topological polar surface area (TPSA) is 115 Å². The minimum Gasteiger partial charge on any atom is -0.497 e. The van der Waals surface area contributed by atoms with Crippen LogP contribution in [0.5, 0.6) is 5.75 Å². The highest BCUT2D eigenvalue weighted by atomic mass is 32.2. The normalized spacial score (nSPS) is 15.5. The number of nitrogens with zero attached hydrogens (tertiary/aromatic N) is 3. The number of methoxy groups -OCH3 is 1. The van der Waals surface area contributed by atoms with E-state index in [1.807, 2.05) is 6.07 Å². The van der Waals surface area contributed by atoms with E-state index >= 15 is 0 Å². The van der Waals surface area contributed by atoms with E-state index in [0.29, 0.717) is 35.7 Å². The second-order valence-corrected chi connectivity index (χ2v) is 9.11. The molecule has 0 unspecified atom stereocenters. The van der Waals surface area contributed by atoms with Crippen LogP contribution in [-0.2, 0) is 14.8 Å². The van der Waals surface area contributed by atoms with Gasteiger partial charge in [-0.1, -0.05) is 6.07 Å². The molecule has 1 fully saturated rings. The summed E-state index contributed by atoms with van der Waals surface area (Å²) in [4.78, 5) is 12.9. The van der Waals surface area contributed by atoms with Gasteiger partial charge in [-0.05, 0) is 55.3 Å². The average Bonchev–Trinajstić information content (AvgIpc) is 3.34. The number of amides is 1. The summed E-state index contributed by atoms with van der Waals surface area (Å²) in [5.74, 6) is 0.559. The fourth-order valence-corrected chi connectivity index (χ4v) is 5.00. The molecule has 1 aliphatic heterocycles. The Kier molecular flexibility index (Phi) is 6.01. The number of aromatic nitrogens is 2. The molecule has 9 nitrogen and oxygen atoms in total. The third kappa shape index (κ3) is 4.59. The molecule has 0 spiro atoms. The molecule has 0 atom stereocenters. The van der Waals surface area contributed by atoms with Crippen LogP contribution in [-0.4, -0.2) is 49.0 Å². The van der Waals surface area contributed by atoms with Gasteiger partial charge in [-0.3, -0.25) is 4.79 Å². The first kappa shape index (κ1) is 21.0. The second-order valence-electron chi connectivity index (χ2n) is 7.17. The van der Waals surface area contributed by atoms with Crippen molar-refractivity contribution in [1.82, 2.24) is 14.5 Å². The van der Waals surface area contributed by atoms with Crippen LogP contribution in [0, 0.1) is 5.92 Å². The molecule has 2 heterocycles. The van der Waals surface area contributed by atoms with Crippen LogP contribution in [0.25, 0.3) is 11.5 Å². The van der Waals surface area contributed by atoms with E-state index < -0.39 is 10.0 Å². The van der Waals surface area contributed by atoms with Gasteiger partial charge in [0.05, 0.1) is 12.0 Å². The van der Waals surface area contributed by atoms with Gasteiger partial charge in [0.1, 0.15) is 5.75 Å². The lowest BCUT2D eigenvalue weighted by molar-refractivity contribution is -0.120. The van der Waals surface area contributed by atoms with Crippen molar-refractivity contribution < 1.29 is 22.4 Å². The number of hydrogen-bond acceptors (Lipinski definition) is 7. The van der Waals surface area contributed by atoms with Crippen molar-refractivity contribution in [3.8, 4) is 17.2 Å². The largest absolute Gasteiger partial charge is 0.497 e. The van der Waals surface area contributed by atoms with E-state index in [9.17, 15) is 13.2 Å². The average molecular weight is 442 g/mol. The standard InChI is InChI=1S/C21H22N4O5S/c1-29-18-5-7-19(8-6-18)31(27,28)25-11-9-15(10-12-25)20(26)23-17-4-2-3-16(13-17)21-24-22-14-30-21/h2-8,13-15H,9-12H2,1H3,(H,23,26). The van der Waals surface area contributed by atoms with Crippen molar-refractivity contribution in [3.63, 3.8) is 0 Å². The Balaban J connectivity index is 1.37. The zero-order chi connectivity index (χ0) is 21.8. The maximum absolute atomic E-state index is 12.9. The van der Waals surface area contributed by atoms with Crippen LogP contribution in [0.1, 0.15) is 12.8 Å². The van der Waals surface area contributed by atoms with Crippen molar-refractivity contribution in [2.24, 2.45) is 5.92 Å². The zero-order valence-corrected chi connectivity index (χ0v) is 17.7. The van der Waals surface area contributed by atoms with Crippen LogP contribution >= 0.6 is 0 Å². The van der Waals surface area contributed by atoms with Crippen LogP contribution < -0.4 is 10.1 Å². The Morgan fingerprint density at radius 2 is 1.90 bits per heavy atom. The summed E-state index contributed by atoms with van der Waals surface area (Å²) in [5.41, 5.74) is 1.32. The Labute approximate surface area is 180 Å². The zero-order valence-electron chi connectivity index (χ0n) is 16.9. The third-order valence-corrected chi connectivity index (χ3v) is 7.17. The summed E-state index contributed by atoms with van der Waals surface area (Å²) in [6, 6.07) is 13.4. The molecule has 31 heavy (non-hydrogen) atoms. The minimum absolute atomic E-state index is 0.135. The van der Waals surface area contributed by atoms with Crippen molar-refractivity contribution in [2.75, 3.05) is 25.5 Å². The van der Waals surface area contributed by atoms with Gasteiger partial charge < -0.3 is 14.5 Å². The number of carbonyl (C=O) groups is 1. The van der Waals surface area contributed by atoms with Crippen LogP contribution in [0.4, 0.5) is 5.69 Å². The molecular weight excluding hydrogens is 420 g/mol. The lowest BCUT2D eigenvalue weighted by Gasteiger charge is -2.30. The van der Waals surface area contributed by atoms with Gasteiger partial charge in [0.15, 0.2) is 0 Å². The van der Waals surface area contributed by atoms with Crippen LogP contribution in [0.3, 0.4) is 0 Å². The molecule has 10 heteroatoms. The highest BCUT2D eigenvalue weighted by molar-refractivity contribution is 7.89. The molecule has 3 aromatic rings. The van der Waals surface area contributed by atoms with Crippen molar-refractivity contribution in [2.45, 2.75) is 17.7 Å². The monoisotopic (exact) mass is 442 g/mol. The van der Waals surface area contributed by atoms with E-state index in [1.54, 1.807) is 30.3 Å². The smallest absolute Gasteiger partial charge is 0.247 e. The number of nitrogens with one attached hydrogen (secondary N) is 1. The van der Waals surface area contributed by atoms with E-state index in [-0.39, 0.29) is 29.8 Å². The van der Waals surface area contributed by atoms with Crippen molar-refractivity contribution in [3.05, 3.63) is 54.9 Å². The fourth-order valence-electron chi connectivity index (χ4n) is 3.53. The first-order valence-electron chi connectivity index (χ1n) is 9.79. The van der Waals surface area contributed by atoms with E-state index in [1.165, 1.54) is 29.9 Å². The molecule has 4 rings (SSSR count). The Bertz CT molecular complexity index is 1140. The minimum atomic E-state index is -3.60. The summed E-state index contributed by atoms with van der Waals surface area (Å²) in [6.07, 6.45) is 2.14. The Morgan fingerprint density at radius 3 is 2.55 bits per heavy atom. The van der Waals surface area contributed by atoms with Gasteiger partial charge in [-0.2, -0.15) is 4.31 Å². The lowest BCUT2D eigenvalue weighted by atomic mass is 9.97. The summed E-state index contributed by atoms with van der Waals surface area (Å²) in [5, 5.41) is 10.4. The molecule has 1 N–H and O–H groups in total. The molecule has 1 saturated heterocycles. The lowest BCUT2D eigenvalue weighted by Crippen LogP contribution is -2.41. The number of hydrogen-bond donors (Lipinski definition) is 1. The maximum Gasteiger partial charge on any atom is 0.247 e. The summed E-state index contributed by atoms with van der Waals surface area (Å²) in [7, 11) is -2.07. The SMILES string of the molecule is COc1ccc(S(=O)(=O)N2CCC(C(=O)Nc3cccc(-c4nnco4)c3)CC2)cc1. The molecule has 1 amide bonds. The number of benzene rings is 2. The van der Waals surface area contributed by atoms with Gasteiger partial charge in [-0.15, -0.1) is 10.2 Å². The maximum atomic E-state index is 12.9. The third-order valence-electron chi connectivity index (χ3n) is 5.26. The number of piperidine rings is 1. The molecule has 0 aliphatic carbocycles. The molecule has 0 radical (unpaired) electrons. The van der Waals surface area contributed by atoms with Crippen LogP contribution in [0.2, 0.25) is 0 Å². The molecule has 162 valence electrons. The van der Waals surface area contributed by atoms with Gasteiger partial charge in [0, 0.05) is 30.3 Å². The molecule has 1 aliphatic rings. The van der Waals surface area contributed by atoms with Gasteiger partial charge >= 0.3 is 0 Å².